The predicted octanol–water partition coefficient (Wildman–Crippen LogP) is 2.68. The molecule has 30 heavy (non-hydrogen) atoms. The Labute approximate surface area is 176 Å². The zero-order valence-corrected chi connectivity index (χ0v) is 17.3. The van der Waals surface area contributed by atoms with Crippen LogP contribution in [0.25, 0.3) is 0 Å². The highest BCUT2D eigenvalue weighted by Gasteiger charge is 2.42. The molecular weight excluding hydrogens is 380 g/mol. The van der Waals surface area contributed by atoms with Crippen LogP contribution in [0.2, 0.25) is 0 Å². The Kier molecular flexibility index (Phi) is 5.77. The van der Waals surface area contributed by atoms with Gasteiger partial charge in [-0.1, -0.05) is 30.3 Å². The minimum absolute atomic E-state index is 0.270. The number of benzene rings is 2. The lowest BCUT2D eigenvalue weighted by atomic mass is 9.89. The van der Waals surface area contributed by atoms with E-state index in [-0.39, 0.29) is 12.5 Å². The Morgan fingerprint density at radius 2 is 1.87 bits per heavy atom. The smallest absolute Gasteiger partial charge is 0.339 e. The van der Waals surface area contributed by atoms with Gasteiger partial charge >= 0.3 is 5.97 Å². The number of hydrogen-bond acceptors (Lipinski definition) is 5. The largest absolute Gasteiger partial charge is 0.445 e. The summed E-state index contributed by atoms with van der Waals surface area (Å²) in [6, 6.07) is 15.4. The molecule has 0 spiro atoms. The summed E-state index contributed by atoms with van der Waals surface area (Å²) in [5, 5.41) is 12.2. The third-order valence-corrected chi connectivity index (χ3v) is 6.19. The summed E-state index contributed by atoms with van der Waals surface area (Å²) in [6.07, 6.45) is 2.38. The maximum absolute atomic E-state index is 12.8. The van der Waals surface area contributed by atoms with Crippen molar-refractivity contribution >= 4 is 17.6 Å². The van der Waals surface area contributed by atoms with E-state index in [1.807, 2.05) is 24.3 Å². The maximum Gasteiger partial charge on any atom is 0.339 e. The number of cyclic esters (lactones) is 1. The van der Waals surface area contributed by atoms with Crippen molar-refractivity contribution in [2.75, 3.05) is 24.6 Å². The van der Waals surface area contributed by atoms with Crippen molar-refractivity contribution in [2.45, 2.75) is 38.3 Å². The van der Waals surface area contributed by atoms with E-state index >= 15 is 0 Å². The van der Waals surface area contributed by atoms with E-state index in [1.54, 1.807) is 19.1 Å². The Hall–Kier alpha value is -2.86. The summed E-state index contributed by atoms with van der Waals surface area (Å²) in [5.41, 5.74) is 2.31. The fraction of sp³-hybridized carbons (Fsp3) is 0.417. The third-order valence-electron chi connectivity index (χ3n) is 6.19. The van der Waals surface area contributed by atoms with E-state index in [1.165, 1.54) is 0 Å². The molecule has 2 aromatic carbocycles. The Morgan fingerprint density at radius 1 is 1.17 bits per heavy atom. The maximum atomic E-state index is 12.8. The van der Waals surface area contributed by atoms with E-state index in [9.17, 15) is 14.7 Å². The summed E-state index contributed by atoms with van der Waals surface area (Å²) >= 11 is 0. The molecule has 0 aliphatic carbocycles. The summed E-state index contributed by atoms with van der Waals surface area (Å²) in [4.78, 5) is 27.4. The lowest BCUT2D eigenvalue weighted by Gasteiger charge is -2.33. The minimum atomic E-state index is -1.21. The molecule has 0 bridgehead atoms. The molecule has 6 nitrogen and oxygen atoms in total. The van der Waals surface area contributed by atoms with Gasteiger partial charge in [0.1, 0.15) is 0 Å². The Balaban J connectivity index is 1.35. The molecule has 2 aliphatic heterocycles. The van der Waals surface area contributed by atoms with Gasteiger partial charge in [-0.3, -0.25) is 4.79 Å². The summed E-state index contributed by atoms with van der Waals surface area (Å²) in [6.45, 7) is 4.21. The van der Waals surface area contributed by atoms with Gasteiger partial charge in [0.05, 0.1) is 5.56 Å². The van der Waals surface area contributed by atoms with E-state index in [0.29, 0.717) is 24.4 Å². The number of esters is 1. The monoisotopic (exact) mass is 408 g/mol. The molecule has 2 aliphatic rings. The molecule has 1 atom stereocenters. The van der Waals surface area contributed by atoms with Crippen molar-refractivity contribution in [2.24, 2.45) is 5.92 Å². The lowest BCUT2D eigenvalue weighted by Crippen LogP contribution is -2.51. The molecule has 2 heterocycles. The van der Waals surface area contributed by atoms with Crippen LogP contribution in [0.1, 0.15) is 41.3 Å². The number of nitrogens with one attached hydrogen (secondary N) is 1. The van der Waals surface area contributed by atoms with Crippen LogP contribution in [0, 0.1) is 5.92 Å². The average Bonchev–Trinajstić information content (AvgIpc) is 2.78. The molecule has 6 heteroatoms. The summed E-state index contributed by atoms with van der Waals surface area (Å²) in [7, 11) is 0. The number of rotatable bonds is 5. The van der Waals surface area contributed by atoms with Gasteiger partial charge in [-0.15, -0.1) is 0 Å². The molecule has 0 radical (unpaired) electrons. The number of hydrogen-bond donors (Lipinski definition) is 2. The molecule has 1 fully saturated rings. The molecule has 1 amide bonds. The fourth-order valence-corrected chi connectivity index (χ4v) is 4.23. The minimum Gasteiger partial charge on any atom is -0.445 e. The van der Waals surface area contributed by atoms with Crippen LogP contribution >= 0.6 is 0 Å². The SMILES string of the molecule is C[C@]1(C(=O)NCc2ccc(N3CCC(CO)CC3)cc2)Cc2ccccc2C(=O)O1. The van der Waals surface area contributed by atoms with E-state index < -0.39 is 11.6 Å². The number of aliphatic hydroxyl groups is 1. The van der Waals surface area contributed by atoms with Crippen molar-refractivity contribution in [1.29, 1.82) is 0 Å². The van der Waals surface area contributed by atoms with Gasteiger partial charge in [-0.05, 0) is 55.0 Å². The van der Waals surface area contributed by atoms with Crippen LogP contribution in [0.15, 0.2) is 48.5 Å². The number of aliphatic hydroxyl groups excluding tert-OH is 1. The van der Waals surface area contributed by atoms with Crippen LogP contribution in [0.3, 0.4) is 0 Å². The van der Waals surface area contributed by atoms with Gasteiger partial charge in [0.25, 0.3) is 5.91 Å². The highest BCUT2D eigenvalue weighted by atomic mass is 16.6. The van der Waals surface area contributed by atoms with Gasteiger partial charge in [0.15, 0.2) is 5.60 Å². The van der Waals surface area contributed by atoms with Crippen LogP contribution in [0.4, 0.5) is 5.69 Å². The number of carbonyl (C=O) groups is 2. The topological polar surface area (TPSA) is 78.9 Å². The number of ether oxygens (including phenoxy) is 1. The number of fused-ring (bicyclic) bond motifs is 1. The van der Waals surface area contributed by atoms with E-state index in [4.69, 9.17) is 4.74 Å². The van der Waals surface area contributed by atoms with Crippen molar-refractivity contribution in [3.63, 3.8) is 0 Å². The summed E-state index contributed by atoms with van der Waals surface area (Å²) < 4.78 is 5.49. The fourth-order valence-electron chi connectivity index (χ4n) is 4.23. The third kappa shape index (κ3) is 4.19. The van der Waals surface area contributed by atoms with Gasteiger partial charge in [0.2, 0.25) is 0 Å². The number of piperidine rings is 1. The standard InChI is InChI=1S/C24H28N2O4/c1-24(14-19-4-2-3-5-21(19)22(28)30-24)23(29)25-15-17-6-8-20(9-7-17)26-12-10-18(16-27)11-13-26/h2-9,18,27H,10-16H2,1H3,(H,25,29)/t24-/m1/s1. The first kappa shape index (κ1) is 20.4. The quantitative estimate of drug-likeness (QED) is 0.744. The molecule has 4 rings (SSSR count). The van der Waals surface area contributed by atoms with Crippen molar-refractivity contribution in [1.82, 2.24) is 5.32 Å². The first-order chi connectivity index (χ1) is 14.5. The second kappa shape index (κ2) is 8.48. The molecule has 0 saturated carbocycles. The van der Waals surface area contributed by atoms with E-state index in [0.717, 1.165) is 42.7 Å². The molecule has 2 N–H and O–H groups in total. The van der Waals surface area contributed by atoms with Crippen LogP contribution < -0.4 is 10.2 Å². The second-order valence-corrected chi connectivity index (χ2v) is 8.42. The predicted molar refractivity (Wildman–Crippen MR) is 114 cm³/mol. The van der Waals surface area contributed by atoms with Crippen LogP contribution in [0.5, 0.6) is 0 Å². The zero-order chi connectivity index (χ0) is 21.1. The number of nitrogens with zero attached hydrogens (tertiary/aromatic N) is 1. The van der Waals surface area contributed by atoms with Crippen molar-refractivity contribution in [3.8, 4) is 0 Å². The van der Waals surface area contributed by atoms with Gasteiger partial charge in [-0.25, -0.2) is 4.79 Å². The second-order valence-electron chi connectivity index (χ2n) is 8.42. The normalized spacial score (nSPS) is 21.7. The number of amides is 1. The molecule has 0 aromatic heterocycles. The van der Waals surface area contributed by atoms with Crippen LogP contribution in [-0.2, 0) is 22.5 Å². The molecule has 2 aromatic rings. The van der Waals surface area contributed by atoms with Gasteiger partial charge < -0.3 is 20.1 Å². The molecular formula is C24H28N2O4. The molecule has 0 unspecified atom stereocenters. The van der Waals surface area contributed by atoms with E-state index in [2.05, 4.69) is 22.3 Å². The van der Waals surface area contributed by atoms with Crippen LogP contribution in [-0.4, -0.2) is 42.3 Å². The number of carbonyl (C=O) groups excluding carboxylic acids is 2. The van der Waals surface area contributed by atoms with Crippen molar-refractivity contribution < 1.29 is 19.4 Å². The number of anilines is 1. The highest BCUT2D eigenvalue weighted by Crippen LogP contribution is 2.28. The Morgan fingerprint density at radius 3 is 2.57 bits per heavy atom. The molecule has 1 saturated heterocycles. The molecule has 158 valence electrons. The first-order valence-corrected chi connectivity index (χ1v) is 10.5. The van der Waals surface area contributed by atoms with Gasteiger partial charge in [0, 0.05) is 38.3 Å². The first-order valence-electron chi connectivity index (χ1n) is 10.5. The average molecular weight is 408 g/mol. The van der Waals surface area contributed by atoms with Crippen molar-refractivity contribution in [3.05, 3.63) is 65.2 Å². The zero-order valence-electron chi connectivity index (χ0n) is 17.3. The highest BCUT2D eigenvalue weighted by molar-refractivity contribution is 5.97. The van der Waals surface area contributed by atoms with Gasteiger partial charge in [-0.2, -0.15) is 0 Å². The Bertz CT molecular complexity index is 919. The lowest BCUT2D eigenvalue weighted by molar-refractivity contribution is -0.139. The summed E-state index contributed by atoms with van der Waals surface area (Å²) in [5.74, 6) is -0.331.